The molecule has 0 saturated heterocycles. The van der Waals surface area contributed by atoms with Gasteiger partial charge in [0, 0.05) is 24.0 Å². The van der Waals surface area contributed by atoms with Crippen molar-refractivity contribution in [2.24, 2.45) is 5.92 Å². The number of carbonyl (C=O) groups is 2. The van der Waals surface area contributed by atoms with E-state index in [0.717, 1.165) is 4.90 Å². The van der Waals surface area contributed by atoms with Crippen molar-refractivity contribution < 1.29 is 9.59 Å². The van der Waals surface area contributed by atoms with Crippen LogP contribution in [0.2, 0.25) is 0 Å². The van der Waals surface area contributed by atoms with Crippen LogP contribution in [-0.2, 0) is 9.59 Å². The number of nitriles is 1. The van der Waals surface area contributed by atoms with E-state index < -0.39 is 6.04 Å². The summed E-state index contributed by atoms with van der Waals surface area (Å²) < 4.78 is 0. The molecule has 1 aromatic rings. The summed E-state index contributed by atoms with van der Waals surface area (Å²) in [5.74, 6) is 0.189. The van der Waals surface area contributed by atoms with Gasteiger partial charge in [-0.25, -0.2) is 0 Å². The second-order valence-electron chi connectivity index (χ2n) is 5.16. The minimum Gasteiger partial charge on any atom is -0.344 e. The Bertz CT molecular complexity index is 567. The van der Waals surface area contributed by atoms with Crippen molar-refractivity contribution in [1.29, 1.82) is 5.26 Å². The van der Waals surface area contributed by atoms with Crippen LogP contribution in [0.25, 0.3) is 0 Å². The highest BCUT2D eigenvalue weighted by atomic mass is 32.2. The van der Waals surface area contributed by atoms with Gasteiger partial charge in [-0.05, 0) is 18.1 Å². The van der Waals surface area contributed by atoms with E-state index in [0.29, 0.717) is 17.9 Å². The number of anilines is 1. The molecule has 1 atom stereocenters. The first-order chi connectivity index (χ1) is 10.5. The fourth-order valence-electron chi connectivity index (χ4n) is 1.87. The number of hydrogen-bond donors (Lipinski definition) is 2. The third-order valence-electron chi connectivity index (χ3n) is 2.92. The van der Waals surface area contributed by atoms with Crippen LogP contribution >= 0.6 is 11.8 Å². The largest absolute Gasteiger partial charge is 0.344 e. The minimum absolute atomic E-state index is 0.0118. The fraction of sp³-hybridized carbons (Fsp3) is 0.438. The van der Waals surface area contributed by atoms with E-state index in [1.165, 1.54) is 18.7 Å². The summed E-state index contributed by atoms with van der Waals surface area (Å²) in [6.07, 6.45) is 0.452. The van der Waals surface area contributed by atoms with Gasteiger partial charge >= 0.3 is 0 Å². The summed E-state index contributed by atoms with van der Waals surface area (Å²) in [5, 5.41) is 14.1. The van der Waals surface area contributed by atoms with Crippen LogP contribution in [0.4, 0.5) is 5.69 Å². The van der Waals surface area contributed by atoms with Crippen molar-refractivity contribution in [2.75, 3.05) is 11.1 Å². The third kappa shape index (κ3) is 5.78. The average Bonchev–Trinajstić information content (AvgIpc) is 2.46. The molecule has 0 unspecified atom stereocenters. The van der Waals surface area contributed by atoms with Gasteiger partial charge in [0.2, 0.25) is 11.8 Å². The highest BCUT2D eigenvalue weighted by Gasteiger charge is 2.23. The average molecular weight is 319 g/mol. The van der Waals surface area contributed by atoms with Gasteiger partial charge in [0.05, 0.1) is 11.8 Å². The van der Waals surface area contributed by atoms with E-state index in [9.17, 15) is 9.59 Å². The van der Waals surface area contributed by atoms with Crippen molar-refractivity contribution in [2.45, 2.75) is 38.1 Å². The first-order valence-electron chi connectivity index (χ1n) is 7.12. The molecule has 0 aliphatic heterocycles. The topological polar surface area (TPSA) is 82.0 Å². The number of thioether (sulfide) groups is 1. The summed E-state index contributed by atoms with van der Waals surface area (Å²) in [7, 11) is 0. The molecule has 5 nitrogen and oxygen atoms in total. The Kier molecular flexibility index (Phi) is 7.47. The predicted octanol–water partition coefficient (Wildman–Crippen LogP) is 2.79. The number of amides is 2. The number of hydrogen-bond acceptors (Lipinski definition) is 4. The number of nitrogens with zero attached hydrogens (tertiary/aromatic N) is 1. The van der Waals surface area contributed by atoms with Crippen LogP contribution in [0.15, 0.2) is 29.2 Å². The van der Waals surface area contributed by atoms with Gasteiger partial charge < -0.3 is 10.6 Å². The van der Waals surface area contributed by atoms with Crippen LogP contribution in [0.5, 0.6) is 0 Å². The lowest BCUT2D eigenvalue weighted by molar-refractivity contribution is -0.126. The van der Waals surface area contributed by atoms with Gasteiger partial charge in [-0.1, -0.05) is 26.0 Å². The summed E-state index contributed by atoms with van der Waals surface area (Å²) in [6.45, 7) is 5.16. The van der Waals surface area contributed by atoms with Gasteiger partial charge in [-0.3, -0.25) is 9.59 Å². The van der Waals surface area contributed by atoms with Crippen molar-refractivity contribution in [3.63, 3.8) is 0 Å². The molecular weight excluding hydrogens is 298 g/mol. The molecular formula is C16H21N3O2S. The Morgan fingerprint density at radius 3 is 2.59 bits per heavy atom. The Balaban J connectivity index is 2.82. The van der Waals surface area contributed by atoms with Crippen LogP contribution in [-0.4, -0.2) is 23.6 Å². The number of carbonyl (C=O) groups excluding carboxylic acids is 2. The van der Waals surface area contributed by atoms with E-state index in [-0.39, 0.29) is 17.7 Å². The Morgan fingerprint density at radius 1 is 1.32 bits per heavy atom. The standard InChI is InChI=1S/C16H21N3O2S/c1-11(2)15(18-12(3)20)16(21)19-13-7-4-5-8-14(13)22-10-6-9-17/h4-5,7-8,11,15H,6,10H2,1-3H3,(H,18,20)(H,19,21)/t15-/m1/s1. The summed E-state index contributed by atoms with van der Waals surface area (Å²) in [5.41, 5.74) is 0.700. The first kappa shape index (κ1) is 18.1. The first-order valence-corrected chi connectivity index (χ1v) is 8.11. The molecule has 22 heavy (non-hydrogen) atoms. The van der Waals surface area contributed by atoms with Gasteiger partial charge in [0.1, 0.15) is 6.04 Å². The minimum atomic E-state index is -0.574. The third-order valence-corrected chi connectivity index (χ3v) is 4.00. The summed E-state index contributed by atoms with van der Waals surface area (Å²) in [6, 6.07) is 8.97. The molecule has 0 bridgehead atoms. The molecule has 1 aromatic carbocycles. The quantitative estimate of drug-likeness (QED) is 0.598. The normalized spacial score (nSPS) is 11.6. The monoisotopic (exact) mass is 319 g/mol. The maximum atomic E-state index is 12.4. The molecule has 2 amide bonds. The maximum Gasteiger partial charge on any atom is 0.247 e. The fourth-order valence-corrected chi connectivity index (χ4v) is 2.73. The Hall–Kier alpha value is -2.00. The molecule has 6 heteroatoms. The lowest BCUT2D eigenvalue weighted by Gasteiger charge is -2.21. The van der Waals surface area contributed by atoms with E-state index in [1.807, 2.05) is 38.1 Å². The number of rotatable bonds is 7. The lowest BCUT2D eigenvalue weighted by atomic mass is 10.0. The Labute approximate surface area is 135 Å². The van der Waals surface area contributed by atoms with Gasteiger partial charge in [-0.15, -0.1) is 11.8 Å². The van der Waals surface area contributed by atoms with Gasteiger partial charge in [-0.2, -0.15) is 5.26 Å². The molecule has 0 radical (unpaired) electrons. The molecule has 0 heterocycles. The molecule has 0 aromatic heterocycles. The highest BCUT2D eigenvalue weighted by molar-refractivity contribution is 7.99. The zero-order valence-electron chi connectivity index (χ0n) is 13.1. The van der Waals surface area contributed by atoms with Gasteiger partial charge in [0.25, 0.3) is 0 Å². The van der Waals surface area contributed by atoms with Crippen LogP contribution in [0.3, 0.4) is 0 Å². The van der Waals surface area contributed by atoms with E-state index in [1.54, 1.807) is 0 Å². The maximum absolute atomic E-state index is 12.4. The van der Waals surface area contributed by atoms with Crippen molar-refractivity contribution in [3.8, 4) is 6.07 Å². The Morgan fingerprint density at radius 2 is 2.00 bits per heavy atom. The molecule has 1 rings (SSSR count). The molecule has 0 fully saturated rings. The molecule has 0 spiro atoms. The van der Waals surface area contributed by atoms with Crippen molar-refractivity contribution in [3.05, 3.63) is 24.3 Å². The second kappa shape index (κ2) is 9.11. The van der Waals surface area contributed by atoms with E-state index >= 15 is 0 Å². The smallest absolute Gasteiger partial charge is 0.247 e. The van der Waals surface area contributed by atoms with Crippen molar-refractivity contribution in [1.82, 2.24) is 5.32 Å². The molecule has 0 aliphatic carbocycles. The SMILES string of the molecule is CC(=O)N[C@@H](C(=O)Nc1ccccc1SCCC#N)C(C)C. The number of benzene rings is 1. The van der Waals surface area contributed by atoms with Crippen LogP contribution in [0, 0.1) is 17.2 Å². The number of para-hydroxylation sites is 1. The lowest BCUT2D eigenvalue weighted by Crippen LogP contribution is -2.46. The number of nitrogens with one attached hydrogen (secondary N) is 2. The highest BCUT2D eigenvalue weighted by Crippen LogP contribution is 2.27. The molecule has 2 N–H and O–H groups in total. The molecule has 118 valence electrons. The zero-order chi connectivity index (χ0) is 16.5. The summed E-state index contributed by atoms with van der Waals surface area (Å²) in [4.78, 5) is 24.5. The summed E-state index contributed by atoms with van der Waals surface area (Å²) >= 11 is 1.52. The predicted molar refractivity (Wildman–Crippen MR) is 88.5 cm³/mol. The molecule has 0 saturated carbocycles. The van der Waals surface area contributed by atoms with E-state index in [4.69, 9.17) is 5.26 Å². The van der Waals surface area contributed by atoms with Crippen LogP contribution < -0.4 is 10.6 Å². The van der Waals surface area contributed by atoms with Gasteiger partial charge in [0.15, 0.2) is 0 Å². The van der Waals surface area contributed by atoms with Crippen LogP contribution in [0.1, 0.15) is 27.2 Å². The molecule has 0 aliphatic rings. The zero-order valence-corrected chi connectivity index (χ0v) is 13.9. The van der Waals surface area contributed by atoms with E-state index in [2.05, 4.69) is 16.7 Å². The second-order valence-corrected chi connectivity index (χ2v) is 6.30. The van der Waals surface area contributed by atoms with Crippen molar-refractivity contribution >= 4 is 29.3 Å².